The minimum Gasteiger partial charge on any atom is -0.447 e. The van der Waals surface area contributed by atoms with Gasteiger partial charge in [0, 0.05) is 5.56 Å². The van der Waals surface area contributed by atoms with Crippen molar-refractivity contribution >= 4 is 29.5 Å². The largest absolute Gasteiger partial charge is 0.447 e. The van der Waals surface area contributed by atoms with Crippen molar-refractivity contribution in [3.05, 3.63) is 76.3 Å². The molecule has 0 saturated heterocycles. The first-order valence-corrected chi connectivity index (χ1v) is 18.3. The van der Waals surface area contributed by atoms with E-state index in [0.29, 0.717) is 30.4 Å². The lowest BCUT2D eigenvalue weighted by Gasteiger charge is -2.44. The number of amidine groups is 1. The number of amides is 1. The first-order chi connectivity index (χ1) is 25.8. The van der Waals surface area contributed by atoms with Crippen molar-refractivity contribution in [2.24, 2.45) is 32.8 Å². The molecule has 3 aliphatic carbocycles. The number of hydrazone groups is 1. The number of hydrogen-bond donors (Lipinski definition) is 4. The summed E-state index contributed by atoms with van der Waals surface area (Å²) in [5.41, 5.74) is 10.8. The molecule has 1 amide bonds. The number of carbonyl (C=O) groups is 1. The molecule has 2 aromatic carbocycles. The molecule has 1 aliphatic heterocycles. The van der Waals surface area contributed by atoms with E-state index in [0.717, 1.165) is 29.4 Å². The van der Waals surface area contributed by atoms with Crippen molar-refractivity contribution in [1.82, 2.24) is 30.1 Å². The van der Waals surface area contributed by atoms with Crippen LogP contribution in [0.15, 0.2) is 58.9 Å². The van der Waals surface area contributed by atoms with E-state index in [1.54, 1.807) is 6.07 Å². The molecule has 0 bridgehead atoms. The van der Waals surface area contributed by atoms with E-state index in [1.165, 1.54) is 17.3 Å². The molecule has 7 rings (SSSR count). The highest BCUT2D eigenvalue weighted by Crippen LogP contribution is 2.64. The maximum Gasteiger partial charge on any atom is 0.411 e. The van der Waals surface area contributed by atoms with E-state index < -0.39 is 53.8 Å². The van der Waals surface area contributed by atoms with Gasteiger partial charge < -0.3 is 26.4 Å². The fourth-order valence-corrected chi connectivity index (χ4v) is 7.92. The molecule has 0 radical (unpaired) electrons. The number of guanidine groups is 1. The number of nitrogens with two attached hydrogens (primary N) is 3. The smallest absolute Gasteiger partial charge is 0.411 e. The van der Waals surface area contributed by atoms with Crippen LogP contribution in [0.4, 0.5) is 26.7 Å². The van der Waals surface area contributed by atoms with Crippen LogP contribution in [0.5, 0.6) is 0 Å². The van der Waals surface area contributed by atoms with E-state index in [2.05, 4.69) is 36.0 Å². The Labute approximate surface area is 319 Å². The van der Waals surface area contributed by atoms with Gasteiger partial charge in [-0.3, -0.25) is 0 Å². The van der Waals surface area contributed by atoms with Crippen LogP contribution in [-0.2, 0) is 10.3 Å². The molecular weight excluding hydrogens is 749 g/mol. The van der Waals surface area contributed by atoms with E-state index in [9.17, 15) is 26.7 Å². The number of ether oxygens (including phenoxy) is 1. The van der Waals surface area contributed by atoms with Crippen LogP contribution in [0, 0.1) is 5.41 Å². The predicted molar refractivity (Wildman–Crippen MR) is 194 cm³/mol. The quantitative estimate of drug-likeness (QED) is 0.0549. The number of carbonyl (C=O) groups excluding carboxylic acids is 1. The third kappa shape index (κ3) is 7.14. The second kappa shape index (κ2) is 13.5. The van der Waals surface area contributed by atoms with Gasteiger partial charge in [0.05, 0.1) is 28.3 Å². The lowest BCUT2D eigenvalue weighted by molar-refractivity contribution is -0.164. The Hall–Kier alpha value is -4.71. The van der Waals surface area contributed by atoms with Crippen LogP contribution in [0.2, 0.25) is 5.02 Å². The molecule has 55 heavy (non-hydrogen) atoms. The molecule has 296 valence electrons. The number of benzene rings is 2. The number of alkyl carbamates (subject to hydrolysis) is 1. The summed E-state index contributed by atoms with van der Waals surface area (Å²) >= 11 is 6.53. The minimum absolute atomic E-state index is 0.0588. The van der Waals surface area contributed by atoms with Gasteiger partial charge in [0.2, 0.25) is 0 Å². The Balaban J connectivity index is 1.28. The maximum absolute atomic E-state index is 13.9. The number of alkyl halides is 5. The number of aliphatic imine (C=N–C) groups is 1. The van der Waals surface area contributed by atoms with Gasteiger partial charge in [0.1, 0.15) is 24.0 Å². The number of nitrogens with one attached hydrogen (secondary N) is 1. The van der Waals surface area contributed by atoms with Gasteiger partial charge >= 0.3 is 12.3 Å². The normalized spacial score (nSPS) is 22.1. The molecule has 2 atom stereocenters. The Morgan fingerprint density at radius 3 is 2.35 bits per heavy atom. The number of hydrogen-bond acceptors (Lipinski definition) is 10. The average molecular weight is 792 g/mol. The zero-order chi connectivity index (χ0) is 39.7. The predicted octanol–water partition coefficient (Wildman–Crippen LogP) is 6.17. The fourth-order valence-electron chi connectivity index (χ4n) is 7.72. The second-order valence-electron chi connectivity index (χ2n) is 16.0. The SMILES string of the molecule is CC(C)(C)C[C@]1(c2ccc(/C(N)=N/N(N)C3CC3)cc2)N=C(N)N([C@H](COC(=O)NC2(C(F)(F)F)CC2)c2ccc(Cl)c(-n3ncnc3C(F)F)c2)C12CC2. The second-order valence-corrected chi connectivity index (χ2v) is 16.4. The first-order valence-electron chi connectivity index (χ1n) is 17.9. The van der Waals surface area contributed by atoms with Crippen molar-refractivity contribution in [2.45, 2.75) is 107 Å². The highest BCUT2D eigenvalue weighted by Gasteiger charge is 2.70. The van der Waals surface area contributed by atoms with Gasteiger partial charge in [-0.25, -0.2) is 39.2 Å². The lowest BCUT2D eigenvalue weighted by atomic mass is 9.70. The van der Waals surface area contributed by atoms with Crippen LogP contribution in [0.25, 0.3) is 5.69 Å². The summed E-state index contributed by atoms with van der Waals surface area (Å²) in [6.07, 6.45) is -4.89. The van der Waals surface area contributed by atoms with Crippen LogP contribution in [-0.4, -0.2) is 72.6 Å². The standard InChI is InChI=1S/C36H43ClF5N11O2/c1-32(2,3)18-35(22-7-4-20(5-8-22)28(43)50-53(45)23-9-10-23)34(14-15-34)51(30(44)48-35)26(17-55-31(54)49-33(12-13-33)36(40,41)42)21-6-11-24(37)25(16-21)52-29(27(38)39)46-19-47-52/h4-8,11,16,19,23,26-27H,9-10,12-15,17-18,45H2,1-3H3,(H2,43,50)(H2,44,48)(H,49,54)/t26-,35-/m1/s1. The molecule has 3 saturated carbocycles. The van der Waals surface area contributed by atoms with Crippen LogP contribution >= 0.6 is 11.6 Å². The number of hydrazine groups is 1. The summed E-state index contributed by atoms with van der Waals surface area (Å²) in [6, 6.07) is 11.3. The van der Waals surface area contributed by atoms with Gasteiger partial charge in [-0.05, 0) is 73.6 Å². The zero-order valence-corrected chi connectivity index (χ0v) is 31.2. The molecule has 3 aromatic rings. The zero-order valence-electron chi connectivity index (χ0n) is 30.5. The van der Waals surface area contributed by atoms with Gasteiger partial charge in [0.15, 0.2) is 17.6 Å². The van der Waals surface area contributed by atoms with Gasteiger partial charge in [0.25, 0.3) is 6.43 Å². The highest BCUT2D eigenvalue weighted by atomic mass is 35.5. The monoisotopic (exact) mass is 791 g/mol. The molecular formula is C36H43ClF5N11O2. The van der Waals surface area contributed by atoms with Crippen LogP contribution in [0.1, 0.15) is 101 Å². The Kier molecular flexibility index (Phi) is 9.46. The highest BCUT2D eigenvalue weighted by molar-refractivity contribution is 6.32. The topological polar surface area (TPSA) is 178 Å². The Morgan fingerprint density at radius 1 is 1.11 bits per heavy atom. The fraction of sp³-hybridized carbons (Fsp3) is 0.528. The minimum atomic E-state index is -4.67. The summed E-state index contributed by atoms with van der Waals surface area (Å²) in [5.74, 6) is 5.74. The molecule has 3 fully saturated rings. The summed E-state index contributed by atoms with van der Waals surface area (Å²) < 4.78 is 75.7. The summed E-state index contributed by atoms with van der Waals surface area (Å²) in [5, 5.41) is 11.7. The van der Waals surface area contributed by atoms with Crippen molar-refractivity contribution in [3.8, 4) is 5.69 Å². The number of aromatic nitrogens is 3. The van der Waals surface area contributed by atoms with E-state index in [4.69, 9.17) is 38.6 Å². The number of rotatable bonds is 12. The number of nitrogens with zero attached hydrogens (tertiary/aromatic N) is 7. The summed E-state index contributed by atoms with van der Waals surface area (Å²) in [7, 11) is 0. The van der Waals surface area contributed by atoms with Crippen LogP contribution < -0.4 is 22.6 Å². The third-order valence-electron chi connectivity index (χ3n) is 10.8. The van der Waals surface area contributed by atoms with E-state index in [1.807, 2.05) is 34.5 Å². The lowest BCUT2D eigenvalue weighted by Crippen LogP contribution is -2.53. The molecule has 2 heterocycles. The van der Waals surface area contributed by atoms with E-state index >= 15 is 0 Å². The Morgan fingerprint density at radius 2 is 1.78 bits per heavy atom. The maximum atomic E-state index is 13.9. The van der Waals surface area contributed by atoms with Crippen molar-refractivity contribution in [3.63, 3.8) is 0 Å². The average Bonchev–Trinajstić information content (AvgIpc) is 4.01. The molecule has 0 unspecified atom stereocenters. The molecule has 19 heteroatoms. The third-order valence-corrected chi connectivity index (χ3v) is 11.1. The molecule has 1 spiro atoms. The van der Waals surface area contributed by atoms with Gasteiger partial charge in [-0.15, -0.1) is 5.10 Å². The molecule has 1 aromatic heterocycles. The van der Waals surface area contributed by atoms with Gasteiger partial charge in [-0.1, -0.05) is 62.7 Å². The molecule has 13 nitrogen and oxygen atoms in total. The van der Waals surface area contributed by atoms with Gasteiger partial charge in [-0.2, -0.15) is 18.3 Å². The van der Waals surface area contributed by atoms with E-state index in [-0.39, 0.29) is 46.8 Å². The summed E-state index contributed by atoms with van der Waals surface area (Å²) in [4.78, 5) is 23.8. The van der Waals surface area contributed by atoms with Crippen LogP contribution in [0.3, 0.4) is 0 Å². The number of halogens is 6. The first kappa shape index (κ1) is 38.6. The van der Waals surface area contributed by atoms with Crippen molar-refractivity contribution < 1.29 is 31.5 Å². The Bertz CT molecular complexity index is 2000. The van der Waals surface area contributed by atoms with Crippen molar-refractivity contribution in [1.29, 1.82) is 0 Å². The summed E-state index contributed by atoms with van der Waals surface area (Å²) in [6.45, 7) is 5.76. The molecule has 4 aliphatic rings. The van der Waals surface area contributed by atoms with Crippen molar-refractivity contribution in [2.75, 3.05) is 6.61 Å². The molecule has 7 N–H and O–H groups in total.